The van der Waals surface area contributed by atoms with Gasteiger partial charge in [0.1, 0.15) is 0 Å². The van der Waals surface area contributed by atoms with Crippen LogP contribution in [0.3, 0.4) is 0 Å². The SMILES string of the molecule is CN=C(NCCCCN1CCN(c2ccccc2)CC1)NCc1ccccn1. The van der Waals surface area contributed by atoms with E-state index in [9.17, 15) is 0 Å². The number of guanidine groups is 1. The third kappa shape index (κ3) is 6.53. The molecule has 0 amide bonds. The van der Waals surface area contributed by atoms with E-state index in [1.807, 2.05) is 24.4 Å². The van der Waals surface area contributed by atoms with E-state index in [0.29, 0.717) is 6.54 Å². The Labute approximate surface area is 168 Å². The number of rotatable bonds is 8. The van der Waals surface area contributed by atoms with Gasteiger partial charge in [-0.05, 0) is 43.7 Å². The van der Waals surface area contributed by atoms with Crippen molar-refractivity contribution in [2.24, 2.45) is 4.99 Å². The number of hydrogen-bond donors (Lipinski definition) is 2. The molecule has 3 rings (SSSR count). The molecule has 150 valence electrons. The molecule has 0 radical (unpaired) electrons. The lowest BCUT2D eigenvalue weighted by atomic mass is 10.2. The van der Waals surface area contributed by atoms with Crippen molar-refractivity contribution in [3.63, 3.8) is 0 Å². The predicted molar refractivity (Wildman–Crippen MR) is 117 cm³/mol. The van der Waals surface area contributed by atoms with E-state index >= 15 is 0 Å². The van der Waals surface area contributed by atoms with Gasteiger partial charge in [0.2, 0.25) is 0 Å². The molecular formula is C22H32N6. The zero-order chi connectivity index (χ0) is 19.4. The van der Waals surface area contributed by atoms with E-state index in [1.54, 1.807) is 7.05 Å². The monoisotopic (exact) mass is 380 g/mol. The molecule has 2 aromatic rings. The molecule has 1 aromatic heterocycles. The molecule has 1 saturated heterocycles. The second-order valence-corrected chi connectivity index (χ2v) is 7.04. The number of para-hydroxylation sites is 1. The number of benzene rings is 1. The molecule has 1 aliphatic rings. The normalized spacial score (nSPS) is 15.5. The van der Waals surface area contributed by atoms with E-state index in [0.717, 1.165) is 50.8 Å². The Morgan fingerprint density at radius 3 is 2.46 bits per heavy atom. The van der Waals surface area contributed by atoms with Gasteiger partial charge in [-0.3, -0.25) is 14.9 Å². The van der Waals surface area contributed by atoms with Gasteiger partial charge in [0.05, 0.1) is 12.2 Å². The van der Waals surface area contributed by atoms with Gasteiger partial charge in [-0.15, -0.1) is 0 Å². The second kappa shape index (κ2) is 11.3. The van der Waals surface area contributed by atoms with Crippen LogP contribution in [0, 0.1) is 0 Å². The number of aromatic nitrogens is 1. The van der Waals surface area contributed by atoms with Gasteiger partial charge < -0.3 is 15.5 Å². The van der Waals surface area contributed by atoms with Crippen LogP contribution in [0.2, 0.25) is 0 Å². The molecule has 1 aliphatic heterocycles. The van der Waals surface area contributed by atoms with Gasteiger partial charge in [-0.2, -0.15) is 0 Å². The summed E-state index contributed by atoms with van der Waals surface area (Å²) in [5, 5.41) is 6.70. The van der Waals surface area contributed by atoms with Crippen molar-refractivity contribution in [1.29, 1.82) is 0 Å². The van der Waals surface area contributed by atoms with E-state index in [1.165, 1.54) is 18.7 Å². The lowest BCUT2D eigenvalue weighted by molar-refractivity contribution is 0.253. The highest BCUT2D eigenvalue weighted by molar-refractivity contribution is 5.79. The molecule has 0 aliphatic carbocycles. The fourth-order valence-electron chi connectivity index (χ4n) is 3.43. The number of aliphatic imine (C=N–C) groups is 1. The molecule has 0 atom stereocenters. The van der Waals surface area contributed by atoms with Crippen LogP contribution < -0.4 is 15.5 Å². The summed E-state index contributed by atoms with van der Waals surface area (Å²) in [7, 11) is 1.81. The quantitative estimate of drug-likeness (QED) is 0.418. The Hall–Kier alpha value is -2.60. The molecular weight excluding hydrogens is 348 g/mol. The van der Waals surface area contributed by atoms with Crippen molar-refractivity contribution in [3.05, 3.63) is 60.4 Å². The first kappa shape index (κ1) is 20.1. The summed E-state index contributed by atoms with van der Waals surface area (Å²) < 4.78 is 0. The average Bonchev–Trinajstić information content (AvgIpc) is 2.77. The number of hydrogen-bond acceptors (Lipinski definition) is 4. The van der Waals surface area contributed by atoms with Crippen LogP contribution in [0.1, 0.15) is 18.5 Å². The van der Waals surface area contributed by atoms with E-state index in [-0.39, 0.29) is 0 Å². The Bertz CT molecular complexity index is 695. The first-order valence-corrected chi connectivity index (χ1v) is 10.2. The van der Waals surface area contributed by atoms with Crippen molar-refractivity contribution in [1.82, 2.24) is 20.5 Å². The summed E-state index contributed by atoms with van der Waals surface area (Å²) >= 11 is 0. The van der Waals surface area contributed by atoms with E-state index < -0.39 is 0 Å². The highest BCUT2D eigenvalue weighted by Gasteiger charge is 2.16. The Morgan fingerprint density at radius 2 is 1.75 bits per heavy atom. The molecule has 0 bridgehead atoms. The van der Waals surface area contributed by atoms with Crippen LogP contribution in [-0.4, -0.2) is 62.2 Å². The average molecular weight is 381 g/mol. The number of piperazine rings is 1. The van der Waals surface area contributed by atoms with Crippen molar-refractivity contribution < 1.29 is 0 Å². The first-order valence-electron chi connectivity index (χ1n) is 10.2. The minimum Gasteiger partial charge on any atom is -0.369 e. The van der Waals surface area contributed by atoms with Crippen LogP contribution in [0.4, 0.5) is 5.69 Å². The van der Waals surface area contributed by atoms with Crippen molar-refractivity contribution in [3.8, 4) is 0 Å². The molecule has 0 saturated carbocycles. The minimum atomic E-state index is 0.687. The molecule has 28 heavy (non-hydrogen) atoms. The third-order valence-electron chi connectivity index (χ3n) is 5.07. The maximum atomic E-state index is 4.32. The highest BCUT2D eigenvalue weighted by atomic mass is 15.3. The molecule has 6 nitrogen and oxygen atoms in total. The molecule has 0 spiro atoms. The number of unbranched alkanes of at least 4 members (excludes halogenated alkanes) is 1. The zero-order valence-corrected chi connectivity index (χ0v) is 16.8. The molecule has 1 aromatic carbocycles. The lowest BCUT2D eigenvalue weighted by Crippen LogP contribution is -2.46. The molecule has 6 heteroatoms. The molecule has 2 heterocycles. The fraction of sp³-hybridized carbons (Fsp3) is 0.455. The number of anilines is 1. The van der Waals surface area contributed by atoms with E-state index in [2.05, 4.69) is 60.7 Å². The zero-order valence-electron chi connectivity index (χ0n) is 16.8. The maximum absolute atomic E-state index is 4.32. The van der Waals surface area contributed by atoms with Gasteiger partial charge in [0.15, 0.2) is 5.96 Å². The van der Waals surface area contributed by atoms with Gasteiger partial charge in [0.25, 0.3) is 0 Å². The second-order valence-electron chi connectivity index (χ2n) is 7.04. The highest BCUT2D eigenvalue weighted by Crippen LogP contribution is 2.15. The molecule has 1 fully saturated rings. The third-order valence-corrected chi connectivity index (χ3v) is 5.07. The van der Waals surface area contributed by atoms with Crippen LogP contribution in [-0.2, 0) is 6.54 Å². The van der Waals surface area contributed by atoms with Gasteiger partial charge in [-0.25, -0.2) is 0 Å². The Morgan fingerprint density at radius 1 is 0.964 bits per heavy atom. The smallest absolute Gasteiger partial charge is 0.191 e. The first-order chi connectivity index (χ1) is 13.8. The summed E-state index contributed by atoms with van der Waals surface area (Å²) in [6, 6.07) is 16.7. The number of nitrogens with zero attached hydrogens (tertiary/aromatic N) is 4. The summed E-state index contributed by atoms with van der Waals surface area (Å²) in [6.45, 7) is 7.33. The van der Waals surface area contributed by atoms with Crippen LogP contribution in [0.15, 0.2) is 59.7 Å². The Kier molecular flexibility index (Phi) is 8.12. The summed E-state index contributed by atoms with van der Waals surface area (Å²) in [5.41, 5.74) is 2.36. The maximum Gasteiger partial charge on any atom is 0.191 e. The summed E-state index contributed by atoms with van der Waals surface area (Å²) in [4.78, 5) is 13.7. The largest absolute Gasteiger partial charge is 0.369 e. The standard InChI is InChI=1S/C22H32N6/c1-23-22(26-19-20-9-5-6-12-24-20)25-13-7-8-14-27-15-17-28(18-16-27)21-10-3-2-4-11-21/h2-6,9-12H,7-8,13-19H2,1H3,(H2,23,25,26). The van der Waals surface area contributed by atoms with Crippen LogP contribution in [0.5, 0.6) is 0 Å². The number of nitrogens with one attached hydrogen (secondary N) is 2. The van der Waals surface area contributed by atoms with Crippen molar-refractivity contribution in [2.75, 3.05) is 51.2 Å². The molecule has 2 N–H and O–H groups in total. The predicted octanol–water partition coefficient (Wildman–Crippen LogP) is 2.35. The molecule has 0 unspecified atom stereocenters. The van der Waals surface area contributed by atoms with E-state index in [4.69, 9.17) is 0 Å². The Balaban J connectivity index is 1.26. The van der Waals surface area contributed by atoms with Gasteiger partial charge >= 0.3 is 0 Å². The fourth-order valence-corrected chi connectivity index (χ4v) is 3.43. The summed E-state index contributed by atoms with van der Waals surface area (Å²) in [6.07, 6.45) is 4.16. The topological polar surface area (TPSA) is 55.8 Å². The van der Waals surface area contributed by atoms with Crippen molar-refractivity contribution >= 4 is 11.6 Å². The van der Waals surface area contributed by atoms with Crippen LogP contribution in [0.25, 0.3) is 0 Å². The minimum absolute atomic E-state index is 0.687. The lowest BCUT2D eigenvalue weighted by Gasteiger charge is -2.36. The van der Waals surface area contributed by atoms with Gasteiger partial charge in [0, 0.05) is 51.7 Å². The summed E-state index contributed by atoms with van der Waals surface area (Å²) in [5.74, 6) is 0.835. The van der Waals surface area contributed by atoms with Crippen molar-refractivity contribution in [2.45, 2.75) is 19.4 Å². The number of pyridine rings is 1. The van der Waals surface area contributed by atoms with Gasteiger partial charge in [-0.1, -0.05) is 24.3 Å². The van der Waals surface area contributed by atoms with Crippen LogP contribution >= 0.6 is 0 Å².